The summed E-state index contributed by atoms with van der Waals surface area (Å²) >= 11 is 0. The van der Waals surface area contributed by atoms with Crippen molar-refractivity contribution in [2.45, 2.75) is 0 Å². The van der Waals surface area contributed by atoms with E-state index in [0.29, 0.717) is 5.82 Å². The number of hydrogen-bond donors (Lipinski definition) is 0. The molecule has 0 saturated heterocycles. The molecule has 14 rings (SSSR count). The van der Waals surface area contributed by atoms with Crippen LogP contribution in [0.4, 0.5) is 0 Å². The predicted molar refractivity (Wildman–Crippen MR) is 291 cm³/mol. The molecule has 0 N–H and O–H groups in total. The molecule has 4 heterocycles. The number of benzene rings is 10. The number of hydrogen-bond acceptors (Lipinski definition) is 3. The second-order valence-corrected chi connectivity index (χ2v) is 18.0. The molecule has 0 unspecified atom stereocenters. The maximum absolute atomic E-state index is 5.40. The molecule has 0 radical (unpaired) electrons. The summed E-state index contributed by atoms with van der Waals surface area (Å²) < 4.78 is 4.74. The summed E-state index contributed by atoms with van der Waals surface area (Å²) in [6, 6.07) is 88.5. The summed E-state index contributed by atoms with van der Waals surface area (Å²) in [5.41, 5.74) is 17.0. The first kappa shape index (κ1) is 39.7. The van der Waals surface area contributed by atoms with Gasteiger partial charge < -0.3 is 9.13 Å². The summed E-state index contributed by atoms with van der Waals surface area (Å²) in [4.78, 5) is 15.8. The molecule has 0 atom stereocenters. The lowest BCUT2D eigenvalue weighted by molar-refractivity contribution is 1.17. The lowest BCUT2D eigenvalue weighted by Crippen LogP contribution is -1.97. The van der Waals surface area contributed by atoms with Crippen molar-refractivity contribution in [2.24, 2.45) is 0 Å². The van der Waals surface area contributed by atoms with E-state index < -0.39 is 0 Å². The molecule has 70 heavy (non-hydrogen) atoms. The highest BCUT2D eigenvalue weighted by molar-refractivity contribution is 6.29. The van der Waals surface area contributed by atoms with Gasteiger partial charge in [0, 0.05) is 71.3 Å². The highest BCUT2D eigenvalue weighted by Gasteiger charge is 2.21. The molecule has 0 fully saturated rings. The molecule has 0 amide bonds. The second kappa shape index (κ2) is 16.1. The molecular formula is C65H41N5. The van der Waals surface area contributed by atoms with Gasteiger partial charge in [-0.3, -0.25) is 0 Å². The zero-order chi connectivity index (χ0) is 46.1. The molecule has 14 aromatic rings. The fraction of sp³-hybridized carbons (Fsp3) is 0. The van der Waals surface area contributed by atoms with E-state index in [2.05, 4.69) is 240 Å². The van der Waals surface area contributed by atoms with E-state index in [9.17, 15) is 0 Å². The standard InChI is InChI=1S/C65H41N5/c1-4-16-45(17-5-1)64-53-37-39-61-63(52-24-12-15-27-60(52)70(61)48-20-8-3-9-21-48)62(53)54-40-47(34-38-55(54)66-64)42-28-30-43(31-29-42)56-41-57(68-65(67-56)46-18-6-2-7-19-46)44-32-35-49(36-33-44)69-58-25-13-10-22-50(58)51-23-11-14-26-59(51)69/h1-41H. The number of fused-ring (bicyclic) bond motifs is 10. The summed E-state index contributed by atoms with van der Waals surface area (Å²) in [6.45, 7) is 0. The maximum atomic E-state index is 5.40. The summed E-state index contributed by atoms with van der Waals surface area (Å²) in [7, 11) is 0. The van der Waals surface area contributed by atoms with E-state index in [1.165, 1.54) is 49.0 Å². The van der Waals surface area contributed by atoms with Crippen molar-refractivity contribution in [1.82, 2.24) is 24.1 Å². The first-order chi connectivity index (χ1) is 34.7. The van der Waals surface area contributed by atoms with Gasteiger partial charge in [0.05, 0.1) is 44.7 Å². The number of para-hydroxylation sites is 4. The van der Waals surface area contributed by atoms with E-state index in [0.717, 1.165) is 78.1 Å². The average Bonchev–Trinajstić information content (AvgIpc) is 3.96. The summed E-state index contributed by atoms with van der Waals surface area (Å²) in [5.74, 6) is 0.687. The molecule has 0 aliphatic rings. The third kappa shape index (κ3) is 6.44. The van der Waals surface area contributed by atoms with Gasteiger partial charge in [0.2, 0.25) is 0 Å². The van der Waals surface area contributed by atoms with Gasteiger partial charge in [-0.05, 0) is 77.9 Å². The van der Waals surface area contributed by atoms with Gasteiger partial charge in [-0.1, -0.05) is 182 Å². The lowest BCUT2D eigenvalue weighted by atomic mass is 9.94. The molecule has 0 aliphatic carbocycles. The average molecular weight is 892 g/mol. The minimum atomic E-state index is 0.687. The van der Waals surface area contributed by atoms with E-state index in [1.54, 1.807) is 0 Å². The molecule has 5 nitrogen and oxygen atoms in total. The van der Waals surface area contributed by atoms with E-state index in [1.807, 2.05) is 18.2 Å². The molecule has 0 bridgehead atoms. The third-order valence-corrected chi connectivity index (χ3v) is 13.9. The number of rotatable bonds is 7. The van der Waals surface area contributed by atoms with Crippen LogP contribution in [-0.2, 0) is 0 Å². The first-order valence-corrected chi connectivity index (χ1v) is 23.8. The Balaban J connectivity index is 0.891. The van der Waals surface area contributed by atoms with Gasteiger partial charge in [-0.2, -0.15) is 0 Å². The number of pyridine rings is 1. The fourth-order valence-electron chi connectivity index (χ4n) is 10.7. The van der Waals surface area contributed by atoms with Crippen molar-refractivity contribution in [3.8, 4) is 67.7 Å². The fourth-order valence-corrected chi connectivity index (χ4v) is 10.7. The van der Waals surface area contributed by atoms with Crippen LogP contribution in [0.15, 0.2) is 249 Å². The zero-order valence-corrected chi connectivity index (χ0v) is 37.9. The van der Waals surface area contributed by atoms with Gasteiger partial charge in [0.15, 0.2) is 5.82 Å². The molecule has 4 aromatic heterocycles. The first-order valence-electron chi connectivity index (χ1n) is 23.8. The monoisotopic (exact) mass is 891 g/mol. The topological polar surface area (TPSA) is 48.5 Å². The third-order valence-electron chi connectivity index (χ3n) is 13.9. The predicted octanol–water partition coefficient (Wildman–Crippen LogP) is 16.7. The van der Waals surface area contributed by atoms with E-state index in [4.69, 9.17) is 15.0 Å². The van der Waals surface area contributed by atoms with Gasteiger partial charge in [-0.15, -0.1) is 0 Å². The smallest absolute Gasteiger partial charge is 0.160 e. The van der Waals surface area contributed by atoms with Crippen molar-refractivity contribution < 1.29 is 0 Å². The number of nitrogens with zero attached hydrogens (tertiary/aromatic N) is 5. The van der Waals surface area contributed by atoms with Gasteiger partial charge in [-0.25, -0.2) is 15.0 Å². The van der Waals surface area contributed by atoms with Crippen molar-refractivity contribution in [3.63, 3.8) is 0 Å². The van der Waals surface area contributed by atoms with Gasteiger partial charge in [0.25, 0.3) is 0 Å². The van der Waals surface area contributed by atoms with Gasteiger partial charge in [0.1, 0.15) is 0 Å². The summed E-state index contributed by atoms with van der Waals surface area (Å²) in [5, 5.41) is 8.38. The van der Waals surface area contributed by atoms with Crippen LogP contribution in [0.2, 0.25) is 0 Å². The lowest BCUT2D eigenvalue weighted by Gasteiger charge is -2.14. The highest BCUT2D eigenvalue weighted by atomic mass is 15.0. The second-order valence-electron chi connectivity index (χ2n) is 18.0. The van der Waals surface area contributed by atoms with Crippen LogP contribution in [0.25, 0.3) is 133 Å². The largest absolute Gasteiger partial charge is 0.309 e. The molecule has 0 saturated carbocycles. The maximum Gasteiger partial charge on any atom is 0.160 e. The van der Waals surface area contributed by atoms with Crippen LogP contribution in [0.3, 0.4) is 0 Å². The van der Waals surface area contributed by atoms with E-state index in [-0.39, 0.29) is 0 Å². The minimum Gasteiger partial charge on any atom is -0.309 e. The summed E-state index contributed by atoms with van der Waals surface area (Å²) in [6.07, 6.45) is 0. The van der Waals surface area contributed by atoms with Crippen LogP contribution in [0.1, 0.15) is 0 Å². The SMILES string of the molecule is c1ccc(-c2nc(-c3ccc(-c4ccc5nc(-c6ccccc6)c6ccc7c(c8ccccc8n7-c7ccccc7)c6c5c4)cc3)cc(-c3ccc(-n4c5ccccc5c5ccccc54)cc3)n2)cc1. The van der Waals surface area contributed by atoms with Crippen LogP contribution in [-0.4, -0.2) is 24.1 Å². The van der Waals surface area contributed by atoms with Crippen LogP contribution in [0, 0.1) is 0 Å². The Morgan fingerprint density at radius 1 is 0.257 bits per heavy atom. The molecular weight excluding hydrogens is 851 g/mol. The van der Waals surface area contributed by atoms with E-state index >= 15 is 0 Å². The zero-order valence-electron chi connectivity index (χ0n) is 37.9. The van der Waals surface area contributed by atoms with Crippen molar-refractivity contribution in [3.05, 3.63) is 249 Å². The Morgan fingerprint density at radius 2 is 0.743 bits per heavy atom. The Hall–Kier alpha value is -9.45. The van der Waals surface area contributed by atoms with Crippen LogP contribution < -0.4 is 0 Å². The highest BCUT2D eigenvalue weighted by Crippen LogP contribution is 2.43. The molecule has 10 aromatic carbocycles. The van der Waals surface area contributed by atoms with Crippen molar-refractivity contribution in [2.75, 3.05) is 0 Å². The van der Waals surface area contributed by atoms with Crippen LogP contribution in [0.5, 0.6) is 0 Å². The Kier molecular flexibility index (Phi) is 9.14. The molecule has 0 spiro atoms. The number of aromatic nitrogens is 5. The molecule has 5 heteroatoms. The Morgan fingerprint density at radius 3 is 1.39 bits per heavy atom. The Bertz CT molecular complexity index is 4250. The minimum absolute atomic E-state index is 0.687. The van der Waals surface area contributed by atoms with Crippen LogP contribution >= 0.6 is 0 Å². The Labute approximate surface area is 403 Å². The van der Waals surface area contributed by atoms with Gasteiger partial charge >= 0.3 is 0 Å². The van der Waals surface area contributed by atoms with Crippen molar-refractivity contribution >= 4 is 65.3 Å². The molecule has 0 aliphatic heterocycles. The quantitative estimate of drug-likeness (QED) is 0.150. The van der Waals surface area contributed by atoms with Crippen molar-refractivity contribution in [1.29, 1.82) is 0 Å². The molecule has 326 valence electrons. The normalized spacial score (nSPS) is 11.7.